The zero-order chi connectivity index (χ0) is 17.4. The van der Waals surface area contributed by atoms with Crippen LogP contribution in [0.1, 0.15) is 53.4 Å². The van der Waals surface area contributed by atoms with Gasteiger partial charge in [-0.05, 0) is 53.6 Å². The molecule has 6 heteroatoms. The van der Waals surface area contributed by atoms with Gasteiger partial charge < -0.3 is 24.1 Å². The summed E-state index contributed by atoms with van der Waals surface area (Å²) in [6.07, 6.45) is 3.68. The van der Waals surface area contributed by atoms with Gasteiger partial charge in [-0.15, -0.1) is 0 Å². The van der Waals surface area contributed by atoms with E-state index in [9.17, 15) is 5.11 Å². The third-order valence-electron chi connectivity index (χ3n) is 5.23. The number of hydrogen-bond acceptors (Lipinski definition) is 6. The van der Waals surface area contributed by atoms with Gasteiger partial charge in [0.1, 0.15) is 18.3 Å². The Hall–Kier alpha value is -0.240. The molecule has 0 bridgehead atoms. The van der Waals surface area contributed by atoms with Gasteiger partial charge in [0.25, 0.3) is 0 Å². The van der Waals surface area contributed by atoms with Gasteiger partial charge in [0.15, 0.2) is 11.6 Å². The lowest BCUT2D eigenvalue weighted by atomic mass is 9.98. The van der Waals surface area contributed by atoms with Crippen molar-refractivity contribution in [3.05, 3.63) is 0 Å². The van der Waals surface area contributed by atoms with Crippen LogP contribution in [0.3, 0.4) is 0 Å². The SMILES string of the molecule is CC1(C)OCC([C@@H](O)[C@H](C2COC(C)(C)O2)N2CCCCCC2)O1. The van der Waals surface area contributed by atoms with Crippen molar-refractivity contribution in [2.75, 3.05) is 26.3 Å². The van der Waals surface area contributed by atoms with Crippen LogP contribution < -0.4 is 0 Å². The molecule has 0 radical (unpaired) electrons. The molecule has 3 rings (SSSR count). The van der Waals surface area contributed by atoms with Gasteiger partial charge in [-0.3, -0.25) is 4.90 Å². The minimum Gasteiger partial charge on any atom is -0.389 e. The van der Waals surface area contributed by atoms with Gasteiger partial charge in [-0.2, -0.15) is 0 Å². The maximum atomic E-state index is 11.1. The molecule has 6 nitrogen and oxygen atoms in total. The van der Waals surface area contributed by atoms with Gasteiger partial charge in [0.2, 0.25) is 0 Å². The molecular formula is C18H33NO5. The Kier molecular flexibility index (Phi) is 5.54. The molecule has 3 fully saturated rings. The van der Waals surface area contributed by atoms with Crippen molar-refractivity contribution < 1.29 is 24.1 Å². The molecule has 3 saturated heterocycles. The van der Waals surface area contributed by atoms with Crippen molar-refractivity contribution in [1.29, 1.82) is 0 Å². The normalized spacial score (nSPS) is 36.4. The minimum absolute atomic E-state index is 0.132. The van der Waals surface area contributed by atoms with Gasteiger partial charge in [0.05, 0.1) is 19.3 Å². The molecule has 140 valence electrons. The van der Waals surface area contributed by atoms with E-state index in [1.54, 1.807) is 0 Å². The number of ether oxygens (including phenoxy) is 4. The summed E-state index contributed by atoms with van der Waals surface area (Å²) in [5.41, 5.74) is 0. The maximum Gasteiger partial charge on any atom is 0.163 e. The molecular weight excluding hydrogens is 310 g/mol. The van der Waals surface area contributed by atoms with E-state index in [0.717, 1.165) is 25.9 Å². The number of aliphatic hydroxyl groups excluding tert-OH is 1. The van der Waals surface area contributed by atoms with Gasteiger partial charge in [-0.25, -0.2) is 0 Å². The fourth-order valence-electron chi connectivity index (χ4n) is 4.05. The van der Waals surface area contributed by atoms with Crippen molar-refractivity contribution in [2.45, 2.75) is 89.3 Å². The van der Waals surface area contributed by atoms with E-state index < -0.39 is 17.7 Å². The minimum atomic E-state index is -0.660. The highest BCUT2D eigenvalue weighted by Gasteiger charge is 2.48. The van der Waals surface area contributed by atoms with Crippen LogP contribution in [-0.4, -0.2) is 72.2 Å². The van der Waals surface area contributed by atoms with Crippen LogP contribution in [-0.2, 0) is 18.9 Å². The first-order valence-corrected chi connectivity index (χ1v) is 9.33. The lowest BCUT2D eigenvalue weighted by molar-refractivity contribution is -0.175. The largest absolute Gasteiger partial charge is 0.389 e. The van der Waals surface area contributed by atoms with Crippen molar-refractivity contribution in [3.8, 4) is 0 Å². The molecule has 0 aromatic carbocycles. The highest BCUT2D eigenvalue weighted by atomic mass is 16.8. The smallest absolute Gasteiger partial charge is 0.163 e. The third-order valence-corrected chi connectivity index (χ3v) is 5.23. The molecule has 4 atom stereocenters. The molecule has 3 aliphatic rings. The van der Waals surface area contributed by atoms with Crippen molar-refractivity contribution in [3.63, 3.8) is 0 Å². The summed E-state index contributed by atoms with van der Waals surface area (Å²) in [4.78, 5) is 2.38. The van der Waals surface area contributed by atoms with Crippen LogP contribution in [0.5, 0.6) is 0 Å². The Morgan fingerprint density at radius 3 is 1.79 bits per heavy atom. The molecule has 0 aromatic heterocycles. The summed E-state index contributed by atoms with van der Waals surface area (Å²) in [5, 5.41) is 11.1. The lowest BCUT2D eigenvalue weighted by Gasteiger charge is -2.39. The summed E-state index contributed by atoms with van der Waals surface area (Å²) in [6.45, 7) is 10.5. The molecule has 0 amide bonds. The van der Waals surface area contributed by atoms with Crippen molar-refractivity contribution >= 4 is 0 Å². The van der Waals surface area contributed by atoms with E-state index in [1.807, 2.05) is 27.7 Å². The predicted octanol–water partition coefficient (Wildman–Crippen LogP) is 1.89. The number of aliphatic hydroxyl groups is 1. The second-order valence-corrected chi connectivity index (χ2v) is 8.17. The number of rotatable bonds is 4. The molecule has 1 N–H and O–H groups in total. The topological polar surface area (TPSA) is 60.4 Å². The van der Waals surface area contributed by atoms with E-state index >= 15 is 0 Å². The molecule has 24 heavy (non-hydrogen) atoms. The van der Waals surface area contributed by atoms with Crippen molar-refractivity contribution in [1.82, 2.24) is 4.90 Å². The quantitative estimate of drug-likeness (QED) is 0.841. The maximum absolute atomic E-state index is 11.1. The zero-order valence-electron chi connectivity index (χ0n) is 15.5. The van der Waals surface area contributed by atoms with Gasteiger partial charge >= 0.3 is 0 Å². The van der Waals surface area contributed by atoms with Gasteiger partial charge in [0, 0.05) is 0 Å². The second kappa shape index (κ2) is 7.17. The average Bonchev–Trinajstić information content (AvgIpc) is 2.91. The van der Waals surface area contributed by atoms with E-state index in [2.05, 4.69) is 4.90 Å². The van der Waals surface area contributed by atoms with E-state index in [4.69, 9.17) is 18.9 Å². The van der Waals surface area contributed by atoms with Crippen LogP contribution in [0.4, 0.5) is 0 Å². The summed E-state index contributed by atoms with van der Waals surface area (Å²) >= 11 is 0. The van der Waals surface area contributed by atoms with Crippen LogP contribution in [0, 0.1) is 0 Å². The Bertz CT molecular complexity index is 415. The molecule has 0 spiro atoms. The Labute approximate surface area is 145 Å². The molecule has 3 aliphatic heterocycles. The first kappa shape index (κ1) is 18.5. The van der Waals surface area contributed by atoms with Crippen LogP contribution in [0.15, 0.2) is 0 Å². The highest BCUT2D eigenvalue weighted by molar-refractivity contribution is 4.95. The number of nitrogens with zero attached hydrogens (tertiary/aromatic N) is 1. The average molecular weight is 343 g/mol. The lowest BCUT2D eigenvalue weighted by Crippen LogP contribution is -2.56. The van der Waals surface area contributed by atoms with Crippen LogP contribution in [0.2, 0.25) is 0 Å². The monoisotopic (exact) mass is 343 g/mol. The summed E-state index contributed by atoms with van der Waals surface area (Å²) in [5.74, 6) is -1.23. The Morgan fingerprint density at radius 1 is 0.833 bits per heavy atom. The summed E-state index contributed by atoms with van der Waals surface area (Å²) < 4.78 is 23.5. The summed E-state index contributed by atoms with van der Waals surface area (Å²) in [6, 6.07) is -0.132. The zero-order valence-corrected chi connectivity index (χ0v) is 15.5. The first-order valence-electron chi connectivity index (χ1n) is 9.33. The van der Waals surface area contributed by atoms with Crippen LogP contribution in [0.25, 0.3) is 0 Å². The van der Waals surface area contributed by atoms with E-state index in [0.29, 0.717) is 13.2 Å². The van der Waals surface area contributed by atoms with Crippen LogP contribution >= 0.6 is 0 Å². The van der Waals surface area contributed by atoms with Gasteiger partial charge in [-0.1, -0.05) is 12.8 Å². The van der Waals surface area contributed by atoms with E-state index in [1.165, 1.54) is 12.8 Å². The molecule has 0 saturated carbocycles. The summed E-state index contributed by atoms with van der Waals surface area (Å²) in [7, 11) is 0. The number of hydrogen-bond donors (Lipinski definition) is 1. The molecule has 3 heterocycles. The fraction of sp³-hybridized carbons (Fsp3) is 1.00. The fourth-order valence-corrected chi connectivity index (χ4v) is 4.05. The van der Waals surface area contributed by atoms with Crippen molar-refractivity contribution in [2.24, 2.45) is 0 Å². The predicted molar refractivity (Wildman–Crippen MR) is 89.6 cm³/mol. The number of likely N-dealkylation sites (tertiary alicyclic amines) is 1. The highest BCUT2D eigenvalue weighted by Crippen LogP contribution is 2.32. The molecule has 0 aromatic rings. The Morgan fingerprint density at radius 2 is 1.33 bits per heavy atom. The third kappa shape index (κ3) is 4.29. The second-order valence-electron chi connectivity index (χ2n) is 8.17. The molecule has 2 unspecified atom stereocenters. The first-order chi connectivity index (χ1) is 11.3. The standard InChI is InChI=1S/C18H33NO5/c1-17(2)21-11-13(23-17)15(19-9-7-5-6-8-10-19)16(20)14-12-22-18(3,4)24-14/h13-16,20H,5-12H2,1-4H3/t13?,14?,15-,16+/m0/s1. The molecule has 0 aliphatic carbocycles. The Balaban J connectivity index is 1.76. The van der Waals surface area contributed by atoms with E-state index in [-0.39, 0.29) is 18.2 Å².